The number of hydrogen-bond donors (Lipinski definition) is 0. The number of fused-ring (bicyclic) bond motifs is 3. The smallest absolute Gasteiger partial charge is 0.177 e. The maximum Gasteiger partial charge on any atom is 0.177 e. The zero-order valence-electron chi connectivity index (χ0n) is 13.8. The number of anilines is 1. The van der Waals surface area contributed by atoms with Crippen LogP contribution in [0.3, 0.4) is 0 Å². The molecule has 6 rings (SSSR count). The monoisotopic (exact) mass is 325 g/mol. The summed E-state index contributed by atoms with van der Waals surface area (Å²) in [7, 11) is 0. The summed E-state index contributed by atoms with van der Waals surface area (Å²) in [6.45, 7) is 6.95. The summed E-state index contributed by atoms with van der Waals surface area (Å²) in [5, 5.41) is 16.6. The van der Waals surface area contributed by atoms with E-state index in [-0.39, 0.29) is 0 Å². The third-order valence-electron chi connectivity index (χ3n) is 5.34. The van der Waals surface area contributed by atoms with Gasteiger partial charge in [-0.05, 0) is 32.4 Å². The van der Waals surface area contributed by atoms with Crippen LogP contribution in [0.4, 0.5) is 5.82 Å². The van der Waals surface area contributed by atoms with Gasteiger partial charge in [-0.15, -0.1) is 15.3 Å². The topological polar surface area (TPSA) is 75.6 Å². The summed E-state index contributed by atoms with van der Waals surface area (Å²) in [6, 6.07) is 5.14. The Balaban J connectivity index is 1.33. The lowest BCUT2D eigenvalue weighted by Gasteiger charge is -2.56. The molecule has 3 aliphatic rings. The van der Waals surface area contributed by atoms with Crippen LogP contribution in [0.25, 0.3) is 5.65 Å². The van der Waals surface area contributed by atoms with Crippen LogP contribution < -0.4 is 4.90 Å². The molecule has 24 heavy (non-hydrogen) atoms. The van der Waals surface area contributed by atoms with Crippen molar-refractivity contribution in [2.45, 2.75) is 38.9 Å². The summed E-state index contributed by atoms with van der Waals surface area (Å²) in [5.74, 6) is 1.93. The van der Waals surface area contributed by atoms with Crippen molar-refractivity contribution in [1.82, 2.24) is 29.9 Å². The van der Waals surface area contributed by atoms with Gasteiger partial charge < -0.3 is 9.42 Å². The zero-order valence-corrected chi connectivity index (χ0v) is 13.8. The lowest BCUT2D eigenvalue weighted by molar-refractivity contribution is -0.00917. The van der Waals surface area contributed by atoms with Gasteiger partial charge in [0.1, 0.15) is 17.9 Å². The Morgan fingerprint density at radius 2 is 2.04 bits per heavy atom. The fourth-order valence-electron chi connectivity index (χ4n) is 3.93. The number of piperidine rings is 1. The lowest BCUT2D eigenvalue weighted by Crippen LogP contribution is -2.68. The van der Waals surface area contributed by atoms with Gasteiger partial charge in [-0.3, -0.25) is 4.90 Å². The molecule has 0 aromatic carbocycles. The van der Waals surface area contributed by atoms with Crippen molar-refractivity contribution in [2.24, 2.45) is 0 Å². The first-order valence-corrected chi connectivity index (χ1v) is 8.28. The summed E-state index contributed by atoms with van der Waals surface area (Å²) >= 11 is 0. The largest absolute Gasteiger partial charge is 0.361 e. The Bertz CT molecular complexity index is 869. The van der Waals surface area contributed by atoms with E-state index in [1.54, 1.807) is 10.8 Å². The first kappa shape index (κ1) is 13.9. The summed E-state index contributed by atoms with van der Waals surface area (Å²) < 4.78 is 7.03. The quantitative estimate of drug-likeness (QED) is 0.716. The van der Waals surface area contributed by atoms with E-state index in [1.165, 1.54) is 12.0 Å². The minimum Gasteiger partial charge on any atom is -0.361 e. The molecule has 2 bridgehead atoms. The molecule has 124 valence electrons. The van der Waals surface area contributed by atoms with Gasteiger partial charge in [0, 0.05) is 37.3 Å². The van der Waals surface area contributed by atoms with Crippen molar-refractivity contribution in [3.63, 3.8) is 0 Å². The van der Waals surface area contributed by atoms with E-state index in [9.17, 15) is 0 Å². The molecule has 0 radical (unpaired) electrons. The maximum absolute atomic E-state index is 5.30. The molecule has 0 saturated carbocycles. The third-order valence-corrected chi connectivity index (χ3v) is 5.34. The van der Waals surface area contributed by atoms with Crippen molar-refractivity contribution in [2.75, 3.05) is 18.0 Å². The van der Waals surface area contributed by atoms with Gasteiger partial charge in [0.05, 0.1) is 5.69 Å². The van der Waals surface area contributed by atoms with Gasteiger partial charge in [-0.2, -0.15) is 4.52 Å². The first-order chi connectivity index (χ1) is 11.7. The van der Waals surface area contributed by atoms with Crippen molar-refractivity contribution in [3.8, 4) is 0 Å². The SMILES string of the molecule is Cc1noc(C)c1CN1C2CC1CN(c1ccc3nncn3n1)C2. The minimum absolute atomic E-state index is 0.566. The average molecular weight is 325 g/mol. The molecule has 8 heteroatoms. The van der Waals surface area contributed by atoms with Gasteiger partial charge in [-0.25, -0.2) is 0 Å². The molecule has 3 fully saturated rings. The van der Waals surface area contributed by atoms with Gasteiger partial charge in [0.15, 0.2) is 5.65 Å². The van der Waals surface area contributed by atoms with Crippen LogP contribution in [0, 0.1) is 13.8 Å². The summed E-state index contributed by atoms with van der Waals surface area (Å²) in [6.07, 6.45) is 2.90. The third kappa shape index (κ3) is 2.02. The molecule has 2 atom stereocenters. The average Bonchev–Trinajstić information content (AvgIpc) is 3.19. The second-order valence-corrected chi connectivity index (χ2v) is 6.75. The number of piperazine rings is 1. The van der Waals surface area contributed by atoms with Crippen LogP contribution >= 0.6 is 0 Å². The molecule has 0 aliphatic carbocycles. The van der Waals surface area contributed by atoms with Crippen LogP contribution in [0.2, 0.25) is 0 Å². The Morgan fingerprint density at radius 3 is 2.79 bits per heavy atom. The predicted molar refractivity (Wildman–Crippen MR) is 86.7 cm³/mol. The number of aryl methyl sites for hydroxylation is 2. The molecular formula is C16H19N7O. The van der Waals surface area contributed by atoms with Crippen molar-refractivity contribution >= 4 is 11.5 Å². The lowest BCUT2D eigenvalue weighted by atomic mass is 9.86. The van der Waals surface area contributed by atoms with E-state index >= 15 is 0 Å². The summed E-state index contributed by atoms with van der Waals surface area (Å²) in [5.41, 5.74) is 3.03. The van der Waals surface area contributed by atoms with Crippen LogP contribution in [0.15, 0.2) is 23.0 Å². The molecule has 3 saturated heterocycles. The van der Waals surface area contributed by atoms with Crippen molar-refractivity contribution in [3.05, 3.63) is 35.5 Å². The second-order valence-electron chi connectivity index (χ2n) is 6.75. The minimum atomic E-state index is 0.566. The number of rotatable bonds is 3. The Hall–Kier alpha value is -2.48. The molecule has 8 nitrogen and oxygen atoms in total. The highest BCUT2D eigenvalue weighted by Gasteiger charge is 2.45. The van der Waals surface area contributed by atoms with E-state index in [2.05, 4.69) is 30.3 Å². The highest BCUT2D eigenvalue weighted by molar-refractivity contribution is 5.46. The van der Waals surface area contributed by atoms with E-state index in [0.717, 1.165) is 42.6 Å². The van der Waals surface area contributed by atoms with Crippen LogP contribution in [0.1, 0.15) is 23.4 Å². The highest BCUT2D eigenvalue weighted by Crippen LogP contribution is 2.36. The molecule has 3 aromatic heterocycles. The standard InChI is InChI=1S/C16H19N7O/c1-10-14(11(2)24-20-10)8-22-12-5-13(22)7-21(6-12)16-4-3-15-18-17-9-23(15)19-16/h3-4,9,12-13H,5-8H2,1-2H3. The number of nitrogens with zero attached hydrogens (tertiary/aromatic N) is 7. The highest BCUT2D eigenvalue weighted by atomic mass is 16.5. The predicted octanol–water partition coefficient (Wildman–Crippen LogP) is 1.19. The van der Waals surface area contributed by atoms with Crippen molar-refractivity contribution in [1.29, 1.82) is 0 Å². The second kappa shape index (κ2) is 5.01. The van der Waals surface area contributed by atoms with Gasteiger partial charge in [-0.1, -0.05) is 5.16 Å². The molecule has 3 aromatic rings. The van der Waals surface area contributed by atoms with E-state index in [0.29, 0.717) is 12.1 Å². The molecule has 0 N–H and O–H groups in total. The van der Waals surface area contributed by atoms with E-state index in [1.807, 2.05) is 26.0 Å². The Labute approximate surface area is 139 Å². The van der Waals surface area contributed by atoms with Gasteiger partial charge in [0.2, 0.25) is 0 Å². The molecule has 0 amide bonds. The van der Waals surface area contributed by atoms with E-state index < -0.39 is 0 Å². The maximum atomic E-state index is 5.30. The molecular weight excluding hydrogens is 306 g/mol. The summed E-state index contributed by atoms with van der Waals surface area (Å²) in [4.78, 5) is 4.93. The number of hydrogen-bond acceptors (Lipinski definition) is 7. The molecule has 2 unspecified atom stereocenters. The normalized spacial score (nSPS) is 23.7. The fraction of sp³-hybridized carbons (Fsp3) is 0.500. The van der Waals surface area contributed by atoms with Crippen molar-refractivity contribution < 1.29 is 4.52 Å². The van der Waals surface area contributed by atoms with Crippen LogP contribution in [-0.2, 0) is 6.54 Å². The van der Waals surface area contributed by atoms with Gasteiger partial charge >= 0.3 is 0 Å². The fourth-order valence-corrected chi connectivity index (χ4v) is 3.93. The van der Waals surface area contributed by atoms with Crippen LogP contribution in [0.5, 0.6) is 0 Å². The first-order valence-electron chi connectivity index (χ1n) is 8.28. The Kier molecular flexibility index (Phi) is 2.90. The van der Waals surface area contributed by atoms with Crippen LogP contribution in [-0.4, -0.2) is 55.0 Å². The molecule has 3 aliphatic heterocycles. The molecule has 6 heterocycles. The number of aromatic nitrogens is 5. The van der Waals surface area contributed by atoms with Gasteiger partial charge in [0.25, 0.3) is 0 Å². The molecule has 0 spiro atoms. The zero-order chi connectivity index (χ0) is 16.3. The van der Waals surface area contributed by atoms with E-state index in [4.69, 9.17) is 4.52 Å². The Morgan fingerprint density at radius 1 is 1.21 bits per heavy atom.